The average molecular weight is 335 g/mol. The summed E-state index contributed by atoms with van der Waals surface area (Å²) in [6.07, 6.45) is 0. The van der Waals surface area contributed by atoms with Gasteiger partial charge in [-0.15, -0.1) is 0 Å². The predicted molar refractivity (Wildman–Crippen MR) is 76.9 cm³/mol. The molecule has 0 amide bonds. The molecule has 0 saturated carbocycles. The van der Waals surface area contributed by atoms with Crippen LogP contribution in [0.5, 0.6) is 0 Å². The Morgan fingerprint density at radius 2 is 1.48 bits per heavy atom. The topological polar surface area (TPSA) is 28.1 Å². The fraction of sp³-hybridized carbons (Fsp3) is 0. The van der Waals surface area contributed by atoms with Gasteiger partial charge in [0.15, 0.2) is 4.98 Å². The molecule has 21 heavy (non-hydrogen) atoms. The van der Waals surface area contributed by atoms with Gasteiger partial charge in [-0.3, -0.25) is 0 Å². The summed E-state index contributed by atoms with van der Waals surface area (Å²) in [5.74, 6) is 0. The van der Waals surface area contributed by atoms with Crippen molar-refractivity contribution in [2.75, 3.05) is 0 Å². The summed E-state index contributed by atoms with van der Waals surface area (Å²) in [5.41, 5.74) is 0.572. The largest absolute Gasteiger partial charge is 0.673 e. The van der Waals surface area contributed by atoms with Crippen LogP contribution in [0.15, 0.2) is 58.3 Å². The van der Waals surface area contributed by atoms with Gasteiger partial charge in [-0.05, 0) is 30.3 Å². The maximum Gasteiger partial charge on any atom is 0.673 e. The summed E-state index contributed by atoms with van der Waals surface area (Å²) in [5, 5.41) is 9.54. The number of halogens is 5. The van der Waals surface area contributed by atoms with E-state index in [9.17, 15) is 17.3 Å². The van der Waals surface area contributed by atoms with Crippen LogP contribution in [-0.2, 0) is 0 Å². The molecule has 2 aromatic rings. The van der Waals surface area contributed by atoms with Gasteiger partial charge in [-0.2, -0.15) is 0 Å². The van der Waals surface area contributed by atoms with E-state index in [2.05, 4.69) is 4.98 Å². The van der Waals surface area contributed by atoms with E-state index in [4.69, 9.17) is 17.0 Å². The first-order valence-electron chi connectivity index (χ1n) is 5.54. The number of hydrogen-bond donors (Lipinski definition) is 0. The SMILES string of the molecule is F[B-](F)(F)F.N#[N+]c1ccccc1Sc1ccc(Cl)cc1. The number of rotatable bonds is 2. The molecule has 2 nitrogen and oxygen atoms in total. The molecule has 0 radical (unpaired) electrons. The molecule has 0 unspecified atom stereocenters. The van der Waals surface area contributed by atoms with Gasteiger partial charge in [0.25, 0.3) is 0 Å². The minimum absolute atomic E-state index is 0.572. The molecular formula is C12H8BClF4N2S. The Labute approximate surface area is 127 Å². The highest BCUT2D eigenvalue weighted by Crippen LogP contribution is 2.35. The van der Waals surface area contributed by atoms with E-state index in [-0.39, 0.29) is 0 Å². The number of benzene rings is 2. The Morgan fingerprint density at radius 1 is 0.952 bits per heavy atom. The van der Waals surface area contributed by atoms with Gasteiger partial charge in [0.05, 0.1) is 0 Å². The first kappa shape index (κ1) is 17.3. The van der Waals surface area contributed by atoms with Gasteiger partial charge in [0.2, 0.25) is 5.39 Å². The minimum atomic E-state index is -6.00. The Bertz CT molecular complexity index is 622. The van der Waals surface area contributed by atoms with Gasteiger partial charge in [0.1, 0.15) is 4.90 Å². The Hall–Kier alpha value is -1.72. The van der Waals surface area contributed by atoms with Crippen LogP contribution in [0.4, 0.5) is 23.0 Å². The molecule has 0 aromatic heterocycles. The quantitative estimate of drug-likeness (QED) is 0.367. The third-order valence-corrected chi connectivity index (χ3v) is 3.34. The molecule has 0 aliphatic heterocycles. The molecule has 0 fully saturated rings. The van der Waals surface area contributed by atoms with E-state index in [1.54, 1.807) is 6.07 Å². The molecule has 0 spiro atoms. The van der Waals surface area contributed by atoms with Gasteiger partial charge in [-0.25, -0.2) is 0 Å². The van der Waals surface area contributed by atoms with Gasteiger partial charge in [-0.1, -0.05) is 35.5 Å². The Morgan fingerprint density at radius 3 is 2.00 bits per heavy atom. The summed E-state index contributed by atoms with van der Waals surface area (Å²) in [6, 6.07) is 15.0. The third kappa shape index (κ3) is 7.58. The highest BCUT2D eigenvalue weighted by molar-refractivity contribution is 7.99. The number of nitrogens with zero attached hydrogens (tertiary/aromatic N) is 2. The van der Waals surface area contributed by atoms with E-state index >= 15 is 0 Å². The highest BCUT2D eigenvalue weighted by Gasteiger charge is 2.20. The monoisotopic (exact) mass is 334 g/mol. The second-order valence-electron chi connectivity index (χ2n) is 3.62. The molecule has 2 rings (SSSR count). The minimum Gasteiger partial charge on any atom is -0.418 e. The maximum atomic E-state index is 9.75. The number of diazo groups is 1. The number of hydrogen-bond acceptors (Lipinski definition) is 2. The van der Waals surface area contributed by atoms with Crippen molar-refractivity contribution in [3.8, 4) is 0 Å². The van der Waals surface area contributed by atoms with Crippen molar-refractivity contribution in [3.05, 3.63) is 58.5 Å². The lowest BCUT2D eigenvalue weighted by Gasteiger charge is -1.98. The molecule has 0 saturated heterocycles. The van der Waals surface area contributed by atoms with Crippen LogP contribution < -0.4 is 0 Å². The molecule has 0 N–H and O–H groups in total. The van der Waals surface area contributed by atoms with Crippen LogP contribution in [-0.4, -0.2) is 7.25 Å². The summed E-state index contributed by atoms with van der Waals surface area (Å²) in [7, 11) is -6.00. The Balaban J connectivity index is 0.000000383. The normalized spacial score (nSPS) is 10.3. The van der Waals surface area contributed by atoms with Crippen molar-refractivity contribution >= 4 is 36.3 Å². The van der Waals surface area contributed by atoms with Crippen molar-refractivity contribution in [2.24, 2.45) is 0 Å². The van der Waals surface area contributed by atoms with Crippen molar-refractivity contribution in [1.29, 1.82) is 5.39 Å². The lowest BCUT2D eigenvalue weighted by atomic mass is 10.3. The van der Waals surface area contributed by atoms with Crippen LogP contribution >= 0.6 is 23.4 Å². The first-order chi connectivity index (χ1) is 9.79. The zero-order valence-electron chi connectivity index (χ0n) is 10.4. The lowest BCUT2D eigenvalue weighted by molar-refractivity contribution is 0.368. The van der Waals surface area contributed by atoms with Crippen molar-refractivity contribution < 1.29 is 17.3 Å². The average Bonchev–Trinajstić information content (AvgIpc) is 2.40. The van der Waals surface area contributed by atoms with E-state index in [1.807, 2.05) is 42.5 Å². The van der Waals surface area contributed by atoms with Crippen molar-refractivity contribution in [3.63, 3.8) is 0 Å². The lowest BCUT2D eigenvalue weighted by Crippen LogP contribution is -2.02. The summed E-state index contributed by atoms with van der Waals surface area (Å²) in [4.78, 5) is 5.20. The molecular weight excluding hydrogens is 326 g/mol. The molecule has 9 heteroatoms. The summed E-state index contributed by atoms with van der Waals surface area (Å²) in [6.45, 7) is 0. The smallest absolute Gasteiger partial charge is 0.418 e. The standard InChI is InChI=1S/C12H8ClN2S.BF4/c13-9-5-7-10(8-6-9)16-12-4-2-1-3-11(12)15-14;2-1(3,4)5/h1-8H;/q+1;-1. The molecule has 0 aliphatic rings. The van der Waals surface area contributed by atoms with Crippen LogP contribution in [0, 0.1) is 5.39 Å². The van der Waals surface area contributed by atoms with Crippen molar-refractivity contribution in [1.82, 2.24) is 0 Å². The van der Waals surface area contributed by atoms with Crippen LogP contribution in [0.3, 0.4) is 0 Å². The molecule has 110 valence electrons. The van der Waals surface area contributed by atoms with Crippen LogP contribution in [0.25, 0.3) is 4.98 Å². The van der Waals surface area contributed by atoms with Crippen LogP contribution in [0.1, 0.15) is 0 Å². The third-order valence-electron chi connectivity index (χ3n) is 2.01. The van der Waals surface area contributed by atoms with Crippen molar-refractivity contribution in [2.45, 2.75) is 9.79 Å². The van der Waals surface area contributed by atoms with Gasteiger partial charge < -0.3 is 17.3 Å². The fourth-order valence-electron chi connectivity index (χ4n) is 1.26. The fourth-order valence-corrected chi connectivity index (χ4v) is 2.27. The molecule has 0 atom stereocenters. The molecule has 0 bridgehead atoms. The zero-order chi connectivity index (χ0) is 15.9. The van der Waals surface area contributed by atoms with E-state index in [1.165, 1.54) is 11.8 Å². The second-order valence-corrected chi connectivity index (χ2v) is 5.17. The van der Waals surface area contributed by atoms with E-state index in [0.29, 0.717) is 10.7 Å². The van der Waals surface area contributed by atoms with E-state index in [0.717, 1.165) is 9.79 Å². The highest BCUT2D eigenvalue weighted by atomic mass is 35.5. The summed E-state index contributed by atoms with van der Waals surface area (Å²) < 4.78 is 39.0. The Kier molecular flexibility index (Phi) is 6.53. The molecule has 0 heterocycles. The second kappa shape index (κ2) is 7.91. The summed E-state index contributed by atoms with van der Waals surface area (Å²) >= 11 is 7.34. The first-order valence-corrected chi connectivity index (χ1v) is 6.74. The maximum absolute atomic E-state index is 9.75. The van der Waals surface area contributed by atoms with E-state index < -0.39 is 7.25 Å². The predicted octanol–water partition coefficient (Wildman–Crippen LogP) is 6.28. The molecule has 2 aromatic carbocycles. The zero-order valence-corrected chi connectivity index (χ0v) is 12.0. The van der Waals surface area contributed by atoms with Gasteiger partial charge in [0, 0.05) is 16.0 Å². The van der Waals surface area contributed by atoms with Crippen LogP contribution in [0.2, 0.25) is 5.02 Å². The van der Waals surface area contributed by atoms with Gasteiger partial charge >= 0.3 is 12.9 Å². The molecule has 0 aliphatic carbocycles.